The summed E-state index contributed by atoms with van der Waals surface area (Å²) in [5.41, 5.74) is 3.42. The second kappa shape index (κ2) is 12.0. The maximum absolute atomic E-state index is 13.8. The second-order valence-corrected chi connectivity index (χ2v) is 12.1. The van der Waals surface area contributed by atoms with E-state index in [1.807, 2.05) is 45.9 Å². The van der Waals surface area contributed by atoms with Gasteiger partial charge in [0.05, 0.1) is 16.6 Å². The number of carbonyl (C=O) groups excluding carboxylic acids is 1. The van der Waals surface area contributed by atoms with Crippen molar-refractivity contribution in [1.29, 1.82) is 0 Å². The Labute approximate surface area is 234 Å². The Kier molecular flexibility index (Phi) is 8.73. The van der Waals surface area contributed by atoms with Gasteiger partial charge < -0.3 is 14.7 Å². The van der Waals surface area contributed by atoms with Crippen molar-refractivity contribution in [3.05, 3.63) is 65.2 Å². The van der Waals surface area contributed by atoms with Crippen LogP contribution in [0.3, 0.4) is 0 Å². The van der Waals surface area contributed by atoms with Gasteiger partial charge in [0.25, 0.3) is 15.9 Å². The van der Waals surface area contributed by atoms with E-state index in [1.165, 1.54) is 18.2 Å². The fourth-order valence-corrected chi connectivity index (χ4v) is 5.88. The third-order valence-electron chi connectivity index (χ3n) is 6.72. The van der Waals surface area contributed by atoms with E-state index >= 15 is 0 Å². The number of aliphatic carboxylic acids is 1. The third kappa shape index (κ3) is 6.77. The lowest BCUT2D eigenvalue weighted by molar-refractivity contribution is -0.137. The summed E-state index contributed by atoms with van der Waals surface area (Å²) in [6.07, 6.45) is 0.714. The van der Waals surface area contributed by atoms with Crippen LogP contribution in [-0.4, -0.2) is 59.5 Å². The van der Waals surface area contributed by atoms with E-state index in [0.717, 1.165) is 16.7 Å². The molecule has 0 unspecified atom stereocenters. The summed E-state index contributed by atoms with van der Waals surface area (Å²) in [6.45, 7) is 8.19. The number of nitrogens with one attached hydrogen (secondary N) is 1. The van der Waals surface area contributed by atoms with E-state index in [1.54, 1.807) is 17.0 Å². The van der Waals surface area contributed by atoms with Gasteiger partial charge in [-0.15, -0.1) is 0 Å². The van der Waals surface area contributed by atoms with Gasteiger partial charge in [-0.25, -0.2) is 18.1 Å². The summed E-state index contributed by atoms with van der Waals surface area (Å²) in [5.74, 6) is -1.15. The molecular formula is C29H34N4O6S. The molecule has 1 aliphatic heterocycles. The molecule has 2 N–H and O–H groups in total. The lowest BCUT2D eigenvalue weighted by atomic mass is 10.00. The maximum Gasteiger partial charge on any atom is 0.303 e. The average molecular weight is 567 g/mol. The van der Waals surface area contributed by atoms with Gasteiger partial charge in [-0.3, -0.25) is 9.59 Å². The van der Waals surface area contributed by atoms with Crippen molar-refractivity contribution in [1.82, 2.24) is 14.9 Å². The van der Waals surface area contributed by atoms with Crippen molar-refractivity contribution in [3.8, 4) is 17.1 Å². The smallest absolute Gasteiger partial charge is 0.303 e. The van der Waals surface area contributed by atoms with E-state index < -0.39 is 27.9 Å². The van der Waals surface area contributed by atoms with Gasteiger partial charge >= 0.3 is 5.97 Å². The monoisotopic (exact) mass is 566 g/mol. The molecule has 0 aliphatic carbocycles. The molecule has 0 radical (unpaired) electrons. The molecule has 4 bridgehead atoms. The van der Waals surface area contributed by atoms with E-state index in [2.05, 4.69) is 14.7 Å². The van der Waals surface area contributed by atoms with Crippen LogP contribution in [0.1, 0.15) is 54.6 Å². The molecular weight excluding hydrogens is 532 g/mol. The number of hydrogen-bond acceptors (Lipinski definition) is 7. The first kappa shape index (κ1) is 29.0. The number of nitrogens with zero attached hydrogens (tertiary/aromatic N) is 3. The van der Waals surface area contributed by atoms with Crippen LogP contribution in [-0.2, 0) is 14.8 Å². The summed E-state index contributed by atoms with van der Waals surface area (Å²) in [6, 6.07) is 12.8. The van der Waals surface area contributed by atoms with Gasteiger partial charge in [-0.05, 0) is 61.9 Å². The molecule has 0 saturated carbocycles. The highest BCUT2D eigenvalue weighted by Gasteiger charge is 2.29. The molecule has 0 fully saturated rings. The van der Waals surface area contributed by atoms with Gasteiger partial charge in [0.1, 0.15) is 6.61 Å². The Hall–Kier alpha value is -3.99. The Balaban J connectivity index is 1.86. The van der Waals surface area contributed by atoms with E-state index in [4.69, 9.17) is 4.74 Å². The van der Waals surface area contributed by atoms with Crippen molar-refractivity contribution in [3.63, 3.8) is 0 Å². The van der Waals surface area contributed by atoms with Crippen LogP contribution < -0.4 is 9.46 Å². The van der Waals surface area contributed by atoms with E-state index in [-0.39, 0.29) is 54.2 Å². The average Bonchev–Trinajstić information content (AvgIpc) is 2.88. The number of carboxylic acids is 1. The highest BCUT2D eigenvalue weighted by atomic mass is 32.2. The zero-order chi connectivity index (χ0) is 29.0. The number of benzene rings is 2. The van der Waals surface area contributed by atoms with E-state index in [0.29, 0.717) is 12.1 Å². The predicted octanol–water partition coefficient (Wildman–Crippen LogP) is 4.68. The molecule has 0 spiro atoms. The molecule has 1 aromatic heterocycles. The third-order valence-corrected chi connectivity index (χ3v) is 8.04. The number of aromatic nitrogens is 2. The number of hydrogen-bond donors (Lipinski definition) is 2. The molecule has 3 aromatic rings. The number of anilines is 1. The van der Waals surface area contributed by atoms with Gasteiger partial charge in [-0.2, -0.15) is 4.98 Å². The molecule has 1 amide bonds. The molecule has 40 heavy (non-hydrogen) atoms. The predicted molar refractivity (Wildman–Crippen MR) is 151 cm³/mol. The highest BCUT2D eigenvalue weighted by Crippen LogP contribution is 2.30. The number of carbonyl (C=O) groups is 2. The van der Waals surface area contributed by atoms with Crippen LogP contribution in [0.2, 0.25) is 0 Å². The molecule has 2 heterocycles. The summed E-state index contributed by atoms with van der Waals surface area (Å²) in [7, 11) is -4.16. The number of aryl methyl sites for hydroxylation is 2. The first-order valence-corrected chi connectivity index (χ1v) is 14.7. The standard InChI is InChI=1S/C29H34N4O6S/c1-18(2)14-22-17-39-25-16-24(27-19(3)8-5-9-20(27)4)30-29(31-25)32-40(37,38)23-11-6-10-21(15-23)28(36)33(22)13-7-12-26(34)35/h5-6,8-11,15-16,18,22H,7,12-14,17H2,1-4H3,(H,34,35)(H,30,31,32)/t22-/m1/s1. The molecule has 4 rings (SSSR count). The lowest BCUT2D eigenvalue weighted by Gasteiger charge is -2.33. The fraction of sp³-hybridized carbons (Fsp3) is 0.379. The van der Waals surface area contributed by atoms with Crippen molar-refractivity contribution in [2.75, 3.05) is 17.9 Å². The minimum absolute atomic E-state index is 0.0755. The molecule has 212 valence electrons. The zero-order valence-electron chi connectivity index (χ0n) is 23.0. The lowest BCUT2D eigenvalue weighted by Crippen LogP contribution is -2.45. The molecule has 0 saturated heterocycles. The topological polar surface area (TPSA) is 139 Å². The highest BCUT2D eigenvalue weighted by molar-refractivity contribution is 7.92. The summed E-state index contributed by atoms with van der Waals surface area (Å²) in [4.78, 5) is 35.3. The molecule has 1 atom stereocenters. The Morgan fingerprint density at radius 3 is 2.50 bits per heavy atom. The van der Waals surface area contributed by atoms with Gasteiger partial charge in [0, 0.05) is 30.2 Å². The number of fused-ring (bicyclic) bond motifs is 4. The second-order valence-electron chi connectivity index (χ2n) is 10.4. The molecule has 11 heteroatoms. The van der Waals surface area contributed by atoms with Gasteiger partial charge in [0.15, 0.2) is 0 Å². The molecule has 10 nitrogen and oxygen atoms in total. The van der Waals surface area contributed by atoms with Gasteiger partial charge in [-0.1, -0.05) is 38.1 Å². The number of carboxylic acid groups (broad SMARTS) is 1. The Morgan fingerprint density at radius 2 is 1.82 bits per heavy atom. The van der Waals surface area contributed by atoms with Crippen LogP contribution in [0.5, 0.6) is 5.88 Å². The SMILES string of the molecule is Cc1cccc(C)c1-c1cc2nc(n1)NS(=O)(=O)c1cccc(c1)C(=O)N(CCCC(=O)O)[C@H](CC(C)C)CO2. The quantitative estimate of drug-likeness (QED) is 0.421. The van der Waals surface area contributed by atoms with E-state index in [9.17, 15) is 23.1 Å². The first-order valence-electron chi connectivity index (χ1n) is 13.2. The largest absolute Gasteiger partial charge is 0.481 e. The molecule has 2 aromatic carbocycles. The van der Waals surface area contributed by atoms with Crippen LogP contribution in [0.25, 0.3) is 11.3 Å². The zero-order valence-corrected chi connectivity index (χ0v) is 23.9. The van der Waals surface area contributed by atoms with Crippen LogP contribution in [0.15, 0.2) is 53.4 Å². The minimum atomic E-state index is -4.16. The van der Waals surface area contributed by atoms with Crippen LogP contribution in [0.4, 0.5) is 5.95 Å². The summed E-state index contributed by atoms with van der Waals surface area (Å²) < 4.78 is 35.4. The number of ether oxygens (including phenoxy) is 1. The Morgan fingerprint density at radius 1 is 1.12 bits per heavy atom. The number of amides is 1. The van der Waals surface area contributed by atoms with Gasteiger partial charge in [0.2, 0.25) is 11.8 Å². The van der Waals surface area contributed by atoms with Crippen LogP contribution >= 0.6 is 0 Å². The maximum atomic E-state index is 13.8. The first-order chi connectivity index (χ1) is 18.9. The fourth-order valence-electron chi connectivity index (χ4n) is 4.89. The summed E-state index contributed by atoms with van der Waals surface area (Å²) >= 11 is 0. The van der Waals surface area contributed by atoms with Crippen molar-refractivity contribution in [2.45, 2.75) is 57.9 Å². The van der Waals surface area contributed by atoms with Crippen LogP contribution in [0, 0.1) is 19.8 Å². The normalized spacial score (nSPS) is 16.8. The summed E-state index contributed by atoms with van der Waals surface area (Å²) in [5, 5.41) is 9.19. The number of sulfonamides is 1. The minimum Gasteiger partial charge on any atom is -0.481 e. The number of rotatable bonds is 7. The Bertz CT molecular complexity index is 1500. The van der Waals surface area contributed by atoms with Crippen molar-refractivity contribution in [2.24, 2.45) is 5.92 Å². The van der Waals surface area contributed by atoms with Crippen molar-refractivity contribution >= 4 is 27.8 Å². The van der Waals surface area contributed by atoms with Crippen molar-refractivity contribution < 1.29 is 27.9 Å². The molecule has 1 aliphatic rings.